The van der Waals surface area contributed by atoms with E-state index in [1.165, 1.54) is 0 Å². The van der Waals surface area contributed by atoms with E-state index in [-0.39, 0.29) is 0 Å². The van der Waals surface area contributed by atoms with Gasteiger partial charge in [0.1, 0.15) is 6.61 Å². The molecule has 0 fully saturated rings. The van der Waals surface area contributed by atoms with Gasteiger partial charge in [-0.3, -0.25) is 0 Å². The highest BCUT2D eigenvalue weighted by molar-refractivity contribution is 6.35. The Kier molecular flexibility index (Phi) is 6.73. The van der Waals surface area contributed by atoms with Gasteiger partial charge in [-0.25, -0.2) is 0 Å². The molecular formula is C21H18Cl3NO2. The molecule has 3 rings (SSSR count). The third kappa shape index (κ3) is 5.46. The number of nitrogens with one attached hydrogen (secondary N) is 1. The molecule has 1 N–H and O–H groups in total. The molecule has 0 amide bonds. The van der Waals surface area contributed by atoms with Crippen LogP contribution in [0.2, 0.25) is 15.1 Å². The van der Waals surface area contributed by atoms with Crippen LogP contribution in [-0.4, -0.2) is 7.11 Å². The Hall–Kier alpha value is -2.07. The molecule has 3 nitrogen and oxygen atoms in total. The summed E-state index contributed by atoms with van der Waals surface area (Å²) in [5, 5.41) is 4.99. The van der Waals surface area contributed by atoms with Crippen molar-refractivity contribution in [2.45, 2.75) is 13.2 Å². The van der Waals surface area contributed by atoms with Crippen molar-refractivity contribution in [1.29, 1.82) is 0 Å². The third-order valence-electron chi connectivity index (χ3n) is 3.89. The lowest BCUT2D eigenvalue weighted by molar-refractivity contribution is 0.281. The Morgan fingerprint density at radius 2 is 1.52 bits per heavy atom. The van der Waals surface area contributed by atoms with Crippen molar-refractivity contribution in [3.05, 3.63) is 86.9 Å². The van der Waals surface area contributed by atoms with Crippen molar-refractivity contribution >= 4 is 40.5 Å². The van der Waals surface area contributed by atoms with Gasteiger partial charge in [-0.15, -0.1) is 0 Å². The molecule has 0 aliphatic heterocycles. The Balaban J connectivity index is 1.83. The lowest BCUT2D eigenvalue weighted by Gasteiger charge is -2.17. The van der Waals surface area contributed by atoms with Crippen LogP contribution in [0.3, 0.4) is 0 Å². The number of halogens is 3. The highest BCUT2D eigenvalue weighted by Gasteiger charge is 2.13. The molecule has 0 aliphatic rings. The van der Waals surface area contributed by atoms with E-state index in [0.29, 0.717) is 39.7 Å². The molecule has 0 radical (unpaired) electrons. The largest absolute Gasteiger partial charge is 0.493 e. The van der Waals surface area contributed by atoms with Crippen LogP contribution in [0.4, 0.5) is 5.69 Å². The highest BCUT2D eigenvalue weighted by Crippen LogP contribution is 2.36. The molecule has 0 atom stereocenters. The summed E-state index contributed by atoms with van der Waals surface area (Å²) in [5.41, 5.74) is 2.74. The normalized spacial score (nSPS) is 10.5. The molecule has 6 heteroatoms. The van der Waals surface area contributed by atoms with E-state index in [2.05, 4.69) is 5.32 Å². The zero-order chi connectivity index (χ0) is 19.2. The Labute approximate surface area is 173 Å². The molecule has 0 spiro atoms. The fourth-order valence-electron chi connectivity index (χ4n) is 2.65. The first-order chi connectivity index (χ1) is 13.0. The molecule has 0 unspecified atom stereocenters. The van der Waals surface area contributed by atoms with Gasteiger partial charge in [-0.05, 0) is 29.8 Å². The molecule has 0 heterocycles. The number of benzene rings is 3. The maximum Gasteiger partial charge on any atom is 0.166 e. The SMILES string of the molecule is COc1cc(Cl)cc(CNc2cc(Cl)cc(Cl)c2)c1OCc1ccccc1. The van der Waals surface area contributed by atoms with Crippen molar-refractivity contribution in [2.75, 3.05) is 12.4 Å². The average molecular weight is 423 g/mol. The van der Waals surface area contributed by atoms with E-state index in [1.54, 1.807) is 31.4 Å². The number of methoxy groups -OCH3 is 1. The van der Waals surface area contributed by atoms with E-state index < -0.39 is 0 Å². The Bertz CT molecular complexity index is 897. The molecule has 3 aromatic carbocycles. The molecule has 0 saturated carbocycles. The molecule has 27 heavy (non-hydrogen) atoms. The summed E-state index contributed by atoms with van der Waals surface area (Å²) in [5.74, 6) is 1.23. The predicted octanol–water partition coefficient (Wildman–Crippen LogP) is 6.85. The summed E-state index contributed by atoms with van der Waals surface area (Å²) >= 11 is 18.4. The zero-order valence-corrected chi connectivity index (χ0v) is 16.9. The summed E-state index contributed by atoms with van der Waals surface area (Å²) in [7, 11) is 1.59. The highest BCUT2D eigenvalue weighted by atomic mass is 35.5. The zero-order valence-electron chi connectivity index (χ0n) is 14.6. The molecule has 0 aromatic heterocycles. The minimum atomic E-state index is 0.425. The second-order valence-electron chi connectivity index (χ2n) is 5.88. The number of hydrogen-bond acceptors (Lipinski definition) is 3. The minimum absolute atomic E-state index is 0.425. The number of rotatable bonds is 7. The number of anilines is 1. The average Bonchev–Trinajstić information content (AvgIpc) is 2.65. The summed E-state index contributed by atoms with van der Waals surface area (Å²) < 4.78 is 11.5. The van der Waals surface area contributed by atoms with Crippen molar-refractivity contribution in [3.63, 3.8) is 0 Å². The molecule has 0 bridgehead atoms. The van der Waals surface area contributed by atoms with Crippen molar-refractivity contribution in [2.24, 2.45) is 0 Å². The monoisotopic (exact) mass is 421 g/mol. The maximum atomic E-state index is 6.24. The molecule has 0 saturated heterocycles. The predicted molar refractivity (Wildman–Crippen MR) is 113 cm³/mol. The van der Waals surface area contributed by atoms with Crippen molar-refractivity contribution < 1.29 is 9.47 Å². The van der Waals surface area contributed by atoms with Gasteiger partial charge in [0.05, 0.1) is 7.11 Å². The first-order valence-corrected chi connectivity index (χ1v) is 9.41. The fourth-order valence-corrected chi connectivity index (χ4v) is 3.41. The maximum absolute atomic E-state index is 6.24. The van der Waals surface area contributed by atoms with Crippen LogP contribution < -0.4 is 14.8 Å². The minimum Gasteiger partial charge on any atom is -0.493 e. The van der Waals surface area contributed by atoms with Gasteiger partial charge < -0.3 is 14.8 Å². The third-order valence-corrected chi connectivity index (χ3v) is 4.54. The smallest absolute Gasteiger partial charge is 0.166 e. The van der Waals surface area contributed by atoms with Crippen molar-refractivity contribution in [3.8, 4) is 11.5 Å². The van der Waals surface area contributed by atoms with Crippen LogP contribution >= 0.6 is 34.8 Å². The first-order valence-electron chi connectivity index (χ1n) is 8.28. The van der Waals surface area contributed by atoms with Crippen LogP contribution in [0.25, 0.3) is 0 Å². The summed E-state index contributed by atoms with van der Waals surface area (Å²) in [4.78, 5) is 0. The second-order valence-corrected chi connectivity index (χ2v) is 7.19. The van der Waals surface area contributed by atoms with E-state index in [9.17, 15) is 0 Å². The Morgan fingerprint density at radius 3 is 2.19 bits per heavy atom. The van der Waals surface area contributed by atoms with Crippen LogP contribution in [0.1, 0.15) is 11.1 Å². The lowest BCUT2D eigenvalue weighted by Crippen LogP contribution is -2.05. The van der Waals surface area contributed by atoms with E-state index >= 15 is 0 Å². The number of ether oxygens (including phenoxy) is 2. The first kappa shape index (κ1) is 19.7. The summed E-state index contributed by atoms with van der Waals surface area (Å²) in [6.45, 7) is 0.895. The second kappa shape index (κ2) is 9.23. The molecular weight excluding hydrogens is 405 g/mol. The topological polar surface area (TPSA) is 30.5 Å². The molecule has 0 aliphatic carbocycles. The van der Waals surface area contributed by atoms with Gasteiger partial charge in [0.15, 0.2) is 11.5 Å². The van der Waals surface area contributed by atoms with E-state index in [4.69, 9.17) is 44.3 Å². The van der Waals surface area contributed by atoms with Crippen LogP contribution in [0.5, 0.6) is 11.5 Å². The van der Waals surface area contributed by atoms with Crippen LogP contribution in [0, 0.1) is 0 Å². The fraction of sp³-hybridized carbons (Fsp3) is 0.143. The lowest BCUT2D eigenvalue weighted by atomic mass is 10.1. The van der Waals surface area contributed by atoms with Gasteiger partial charge in [-0.2, -0.15) is 0 Å². The van der Waals surface area contributed by atoms with Gasteiger partial charge in [0.2, 0.25) is 0 Å². The van der Waals surface area contributed by atoms with Gasteiger partial charge in [0, 0.05) is 38.9 Å². The quantitative estimate of drug-likeness (QED) is 0.452. The van der Waals surface area contributed by atoms with Gasteiger partial charge in [0.25, 0.3) is 0 Å². The summed E-state index contributed by atoms with van der Waals surface area (Å²) in [6, 6.07) is 18.8. The van der Waals surface area contributed by atoms with Gasteiger partial charge in [-0.1, -0.05) is 65.1 Å². The summed E-state index contributed by atoms with van der Waals surface area (Å²) in [6.07, 6.45) is 0. The van der Waals surface area contributed by atoms with E-state index in [0.717, 1.165) is 16.8 Å². The molecule has 3 aromatic rings. The van der Waals surface area contributed by atoms with Crippen molar-refractivity contribution in [1.82, 2.24) is 0 Å². The Morgan fingerprint density at radius 1 is 0.852 bits per heavy atom. The van der Waals surface area contributed by atoms with Crippen LogP contribution in [-0.2, 0) is 13.2 Å². The standard InChI is InChI=1S/C21H18Cl3NO2/c1-26-20-11-16(22)7-15(12-25-19-9-17(23)8-18(24)10-19)21(20)27-13-14-5-3-2-4-6-14/h2-11,25H,12-13H2,1H3. The van der Waals surface area contributed by atoms with Crippen LogP contribution in [0.15, 0.2) is 60.7 Å². The molecule has 140 valence electrons. The number of hydrogen-bond donors (Lipinski definition) is 1. The van der Waals surface area contributed by atoms with E-state index in [1.807, 2.05) is 36.4 Å². The van der Waals surface area contributed by atoms with Gasteiger partial charge >= 0.3 is 0 Å².